The zero-order valence-corrected chi connectivity index (χ0v) is 13.5. The molecule has 7 nitrogen and oxygen atoms in total. The summed E-state index contributed by atoms with van der Waals surface area (Å²) in [6.45, 7) is 1.72. The fourth-order valence-corrected chi connectivity index (χ4v) is 3.82. The van der Waals surface area contributed by atoms with Crippen molar-refractivity contribution in [2.75, 3.05) is 0 Å². The molecule has 0 saturated heterocycles. The molecule has 0 saturated carbocycles. The Hall–Kier alpha value is -2.65. The minimum atomic E-state index is -0.382. The number of aryl methyl sites for hydroxylation is 1. The van der Waals surface area contributed by atoms with Gasteiger partial charge in [-0.25, -0.2) is 0 Å². The highest BCUT2D eigenvalue weighted by molar-refractivity contribution is 7.19. The van der Waals surface area contributed by atoms with Gasteiger partial charge in [0, 0.05) is 17.2 Å². The lowest BCUT2D eigenvalue weighted by atomic mass is 10.1. The number of nitrogens with zero attached hydrogens (tertiary/aromatic N) is 5. The molecule has 9 heteroatoms. The predicted molar refractivity (Wildman–Crippen MR) is 88.8 cm³/mol. The maximum absolute atomic E-state index is 10.9. The monoisotopic (exact) mass is 343 g/mol. The molecule has 0 spiro atoms. The molecule has 0 aliphatic rings. The number of aromatic nitrogens is 4. The molecule has 1 aromatic carbocycles. The first-order valence-corrected chi connectivity index (χ1v) is 8.34. The average Bonchev–Trinajstić information content (AvgIpc) is 3.22. The number of benzene rings is 1. The Labute approximate surface area is 138 Å². The molecule has 0 atom stereocenters. The van der Waals surface area contributed by atoms with Crippen molar-refractivity contribution in [1.29, 1.82) is 0 Å². The summed E-state index contributed by atoms with van der Waals surface area (Å²) in [7, 11) is 0. The number of nitro benzene ring substituents is 1. The van der Waals surface area contributed by atoms with Gasteiger partial charge in [0.2, 0.25) is 4.96 Å². The number of nitro groups is 1. The number of fused-ring (bicyclic) bond motifs is 1. The van der Waals surface area contributed by atoms with E-state index in [4.69, 9.17) is 0 Å². The standard InChI is InChI=1S/C14H9N5O2S2/c1-8-7-9(4-5-10(8)19(20)21)13-17-18-12(11-3-2-6-22-11)15-16-14(18)23-13/h2-7H,1H3. The van der Waals surface area contributed by atoms with E-state index in [0.29, 0.717) is 16.3 Å². The summed E-state index contributed by atoms with van der Waals surface area (Å²) in [6, 6.07) is 8.91. The van der Waals surface area contributed by atoms with Crippen LogP contribution in [-0.2, 0) is 0 Å². The van der Waals surface area contributed by atoms with Crippen LogP contribution in [0.2, 0.25) is 0 Å². The number of rotatable bonds is 3. The Morgan fingerprint density at radius 2 is 2.13 bits per heavy atom. The van der Waals surface area contributed by atoms with Gasteiger partial charge < -0.3 is 0 Å². The summed E-state index contributed by atoms with van der Waals surface area (Å²) in [5.74, 6) is 0.705. The normalized spacial score (nSPS) is 11.2. The van der Waals surface area contributed by atoms with E-state index in [9.17, 15) is 10.1 Å². The molecule has 0 fully saturated rings. The van der Waals surface area contributed by atoms with Crippen molar-refractivity contribution in [2.24, 2.45) is 0 Å². The van der Waals surface area contributed by atoms with Crippen molar-refractivity contribution in [3.63, 3.8) is 0 Å². The van der Waals surface area contributed by atoms with Crippen molar-refractivity contribution in [2.45, 2.75) is 6.92 Å². The first-order chi connectivity index (χ1) is 11.1. The van der Waals surface area contributed by atoms with Gasteiger partial charge in [0.1, 0.15) is 5.01 Å². The molecule has 3 heterocycles. The van der Waals surface area contributed by atoms with E-state index in [1.54, 1.807) is 34.9 Å². The Morgan fingerprint density at radius 3 is 2.83 bits per heavy atom. The fourth-order valence-electron chi connectivity index (χ4n) is 2.29. The van der Waals surface area contributed by atoms with Crippen molar-refractivity contribution < 1.29 is 4.92 Å². The van der Waals surface area contributed by atoms with Crippen molar-refractivity contribution in [3.8, 4) is 21.3 Å². The largest absolute Gasteiger partial charge is 0.272 e. The van der Waals surface area contributed by atoms with Crippen molar-refractivity contribution in [1.82, 2.24) is 19.8 Å². The van der Waals surface area contributed by atoms with Crippen LogP contribution >= 0.6 is 22.7 Å². The van der Waals surface area contributed by atoms with E-state index in [2.05, 4.69) is 15.3 Å². The number of hydrogen-bond donors (Lipinski definition) is 0. The molecular formula is C14H9N5O2S2. The third-order valence-electron chi connectivity index (χ3n) is 3.37. The lowest BCUT2D eigenvalue weighted by Crippen LogP contribution is -1.92. The van der Waals surface area contributed by atoms with E-state index in [1.807, 2.05) is 17.5 Å². The molecule has 0 aliphatic carbocycles. The van der Waals surface area contributed by atoms with E-state index >= 15 is 0 Å². The van der Waals surface area contributed by atoms with Crippen LogP contribution in [0.15, 0.2) is 35.7 Å². The average molecular weight is 343 g/mol. The first kappa shape index (κ1) is 14.0. The van der Waals surface area contributed by atoms with Crippen molar-refractivity contribution >= 4 is 33.3 Å². The van der Waals surface area contributed by atoms with Gasteiger partial charge in [0.05, 0.1) is 9.80 Å². The van der Waals surface area contributed by atoms with Gasteiger partial charge in [-0.2, -0.15) is 9.61 Å². The lowest BCUT2D eigenvalue weighted by molar-refractivity contribution is -0.385. The maximum Gasteiger partial charge on any atom is 0.272 e. The second kappa shape index (κ2) is 5.21. The smallest absolute Gasteiger partial charge is 0.258 e. The van der Waals surface area contributed by atoms with Gasteiger partial charge in [-0.3, -0.25) is 10.1 Å². The Kier molecular flexibility index (Phi) is 3.17. The zero-order valence-electron chi connectivity index (χ0n) is 11.8. The molecule has 0 radical (unpaired) electrons. The molecule has 0 amide bonds. The molecule has 0 bridgehead atoms. The Balaban J connectivity index is 1.81. The van der Waals surface area contributed by atoms with Crippen LogP contribution in [0.1, 0.15) is 5.56 Å². The molecule has 4 aromatic rings. The van der Waals surface area contributed by atoms with Gasteiger partial charge in [-0.05, 0) is 30.5 Å². The van der Waals surface area contributed by atoms with Gasteiger partial charge >= 0.3 is 0 Å². The topological polar surface area (TPSA) is 86.2 Å². The van der Waals surface area contributed by atoms with Crippen LogP contribution < -0.4 is 0 Å². The van der Waals surface area contributed by atoms with E-state index < -0.39 is 0 Å². The molecule has 114 valence electrons. The third-order valence-corrected chi connectivity index (χ3v) is 5.19. The SMILES string of the molecule is Cc1cc(-c2nn3c(-c4cccs4)nnc3s2)ccc1[N+](=O)[O-]. The molecule has 0 N–H and O–H groups in total. The van der Waals surface area contributed by atoms with Crippen LogP contribution in [-0.4, -0.2) is 24.7 Å². The summed E-state index contributed by atoms with van der Waals surface area (Å²) in [6.07, 6.45) is 0. The summed E-state index contributed by atoms with van der Waals surface area (Å²) in [5.41, 5.74) is 1.55. The van der Waals surface area contributed by atoms with Gasteiger partial charge in [0.15, 0.2) is 5.82 Å². The summed E-state index contributed by atoms with van der Waals surface area (Å²) >= 11 is 2.98. The molecule has 0 aliphatic heterocycles. The van der Waals surface area contributed by atoms with E-state index in [1.165, 1.54) is 17.4 Å². The van der Waals surface area contributed by atoms with Crippen LogP contribution in [0.5, 0.6) is 0 Å². The second-order valence-electron chi connectivity index (χ2n) is 4.86. The summed E-state index contributed by atoms with van der Waals surface area (Å²) in [4.78, 5) is 12.2. The van der Waals surface area contributed by atoms with Gasteiger partial charge in [-0.1, -0.05) is 17.4 Å². The van der Waals surface area contributed by atoms with Crippen LogP contribution in [0, 0.1) is 17.0 Å². The van der Waals surface area contributed by atoms with Gasteiger partial charge in [-0.15, -0.1) is 21.5 Å². The first-order valence-electron chi connectivity index (χ1n) is 6.65. The molecule has 4 rings (SSSR count). The van der Waals surface area contributed by atoms with E-state index in [0.717, 1.165) is 15.4 Å². The molecule has 0 unspecified atom stereocenters. The predicted octanol–water partition coefficient (Wildman–Crippen LogP) is 3.80. The van der Waals surface area contributed by atoms with E-state index in [-0.39, 0.29) is 10.6 Å². The molecule has 3 aromatic heterocycles. The maximum atomic E-state index is 10.9. The Bertz CT molecular complexity index is 1020. The van der Waals surface area contributed by atoms with Crippen molar-refractivity contribution in [3.05, 3.63) is 51.4 Å². The summed E-state index contributed by atoms with van der Waals surface area (Å²) in [5, 5.41) is 26.5. The highest BCUT2D eigenvalue weighted by Gasteiger charge is 2.17. The zero-order chi connectivity index (χ0) is 16.0. The highest BCUT2D eigenvalue weighted by atomic mass is 32.1. The second-order valence-corrected chi connectivity index (χ2v) is 6.76. The van der Waals surface area contributed by atoms with Gasteiger partial charge in [0.25, 0.3) is 5.69 Å². The Morgan fingerprint density at radius 1 is 1.26 bits per heavy atom. The quantitative estimate of drug-likeness (QED) is 0.417. The van der Waals surface area contributed by atoms with Crippen LogP contribution in [0.25, 0.3) is 26.2 Å². The summed E-state index contributed by atoms with van der Waals surface area (Å²) < 4.78 is 1.71. The highest BCUT2D eigenvalue weighted by Crippen LogP contribution is 2.31. The lowest BCUT2D eigenvalue weighted by Gasteiger charge is -1.99. The molecular weight excluding hydrogens is 334 g/mol. The third kappa shape index (κ3) is 2.30. The minimum Gasteiger partial charge on any atom is -0.258 e. The number of hydrogen-bond acceptors (Lipinski definition) is 7. The minimum absolute atomic E-state index is 0.107. The number of thiophene rings is 1. The van der Waals surface area contributed by atoms with Crippen LogP contribution in [0.3, 0.4) is 0 Å². The fraction of sp³-hybridized carbons (Fsp3) is 0.0714. The molecule has 23 heavy (non-hydrogen) atoms. The van der Waals surface area contributed by atoms with Crippen LogP contribution in [0.4, 0.5) is 5.69 Å².